The molecule has 0 aliphatic heterocycles. The van der Waals surface area contributed by atoms with E-state index in [9.17, 15) is 9.59 Å². The average molecular weight is 311 g/mol. The zero-order chi connectivity index (χ0) is 16.8. The molecule has 0 fully saturated rings. The van der Waals surface area contributed by atoms with Crippen LogP contribution in [0.4, 0.5) is 0 Å². The van der Waals surface area contributed by atoms with Crippen molar-refractivity contribution in [1.29, 1.82) is 0 Å². The summed E-state index contributed by atoms with van der Waals surface area (Å²) in [6.45, 7) is 3.94. The molecule has 1 amide bonds. The first kappa shape index (κ1) is 16.7. The number of rotatable bonds is 5. The molecule has 1 N–H and O–H groups in total. The van der Waals surface area contributed by atoms with E-state index in [0.29, 0.717) is 12.0 Å². The number of amides is 1. The van der Waals surface area contributed by atoms with E-state index in [4.69, 9.17) is 4.74 Å². The van der Waals surface area contributed by atoms with Gasteiger partial charge in [-0.2, -0.15) is 0 Å². The van der Waals surface area contributed by atoms with Gasteiger partial charge in [-0.15, -0.1) is 0 Å². The molecule has 0 heterocycles. The summed E-state index contributed by atoms with van der Waals surface area (Å²) >= 11 is 0. The molecule has 0 aromatic heterocycles. The number of hydrogen-bond acceptors (Lipinski definition) is 3. The Bertz CT molecular complexity index is 695. The van der Waals surface area contributed by atoms with E-state index in [1.807, 2.05) is 56.3 Å². The minimum absolute atomic E-state index is 0.278. The molecule has 0 saturated carbocycles. The van der Waals surface area contributed by atoms with E-state index in [1.165, 1.54) is 7.11 Å². The van der Waals surface area contributed by atoms with Gasteiger partial charge in [-0.05, 0) is 42.7 Å². The number of nitrogens with one attached hydrogen (secondary N) is 1. The quantitative estimate of drug-likeness (QED) is 0.864. The summed E-state index contributed by atoms with van der Waals surface area (Å²) < 4.78 is 4.81. The first-order chi connectivity index (χ1) is 11.0. The van der Waals surface area contributed by atoms with E-state index in [-0.39, 0.29) is 5.91 Å². The summed E-state index contributed by atoms with van der Waals surface area (Å²) in [6.07, 6.45) is 0.393. The topological polar surface area (TPSA) is 55.4 Å². The van der Waals surface area contributed by atoms with Crippen molar-refractivity contribution in [1.82, 2.24) is 5.32 Å². The van der Waals surface area contributed by atoms with E-state index in [2.05, 4.69) is 5.32 Å². The Morgan fingerprint density at radius 1 is 1.04 bits per heavy atom. The minimum atomic E-state index is -0.712. The van der Waals surface area contributed by atoms with Crippen molar-refractivity contribution in [3.63, 3.8) is 0 Å². The number of hydrogen-bond donors (Lipinski definition) is 1. The molecule has 1 atom stereocenters. The molecule has 2 aromatic carbocycles. The lowest BCUT2D eigenvalue weighted by Crippen LogP contribution is -2.43. The van der Waals surface area contributed by atoms with Gasteiger partial charge in [0.1, 0.15) is 6.04 Å². The van der Waals surface area contributed by atoms with Gasteiger partial charge in [0.2, 0.25) is 0 Å². The van der Waals surface area contributed by atoms with Crippen LogP contribution in [0.2, 0.25) is 0 Å². The molecular formula is C19H21NO3. The highest BCUT2D eigenvalue weighted by atomic mass is 16.5. The maximum atomic E-state index is 12.4. The highest BCUT2D eigenvalue weighted by Crippen LogP contribution is 2.11. The van der Waals surface area contributed by atoms with Crippen LogP contribution < -0.4 is 5.32 Å². The Balaban J connectivity index is 2.15. The van der Waals surface area contributed by atoms with Gasteiger partial charge in [-0.3, -0.25) is 4.79 Å². The van der Waals surface area contributed by atoms with Crippen molar-refractivity contribution in [2.24, 2.45) is 0 Å². The second-order valence-electron chi connectivity index (χ2n) is 5.54. The van der Waals surface area contributed by atoms with Crippen LogP contribution in [0.15, 0.2) is 48.5 Å². The molecule has 2 rings (SSSR count). The fourth-order valence-corrected chi connectivity index (χ4v) is 2.31. The summed E-state index contributed by atoms with van der Waals surface area (Å²) in [6, 6.07) is 14.3. The van der Waals surface area contributed by atoms with Crippen LogP contribution in [0.1, 0.15) is 27.0 Å². The summed E-state index contributed by atoms with van der Waals surface area (Å²) in [5.41, 5.74) is 3.66. The van der Waals surface area contributed by atoms with Gasteiger partial charge >= 0.3 is 5.97 Å². The molecule has 4 nitrogen and oxygen atoms in total. The number of carbonyl (C=O) groups is 2. The Morgan fingerprint density at radius 3 is 2.35 bits per heavy atom. The third kappa shape index (κ3) is 4.42. The summed E-state index contributed by atoms with van der Waals surface area (Å²) in [5.74, 6) is -0.731. The van der Waals surface area contributed by atoms with Gasteiger partial charge in [-0.1, -0.05) is 36.4 Å². The number of aryl methyl sites for hydroxylation is 2. The smallest absolute Gasteiger partial charge is 0.328 e. The second-order valence-corrected chi connectivity index (χ2v) is 5.54. The molecular weight excluding hydrogens is 290 g/mol. The van der Waals surface area contributed by atoms with Crippen LogP contribution in [0, 0.1) is 13.8 Å². The Hall–Kier alpha value is -2.62. The molecule has 2 aromatic rings. The predicted octanol–water partition coefficient (Wildman–Crippen LogP) is 2.82. The summed E-state index contributed by atoms with van der Waals surface area (Å²) in [4.78, 5) is 24.4. The number of methoxy groups -OCH3 is 1. The molecule has 0 aliphatic carbocycles. The second kappa shape index (κ2) is 7.58. The maximum Gasteiger partial charge on any atom is 0.328 e. The Labute approximate surface area is 136 Å². The van der Waals surface area contributed by atoms with Crippen molar-refractivity contribution in [3.8, 4) is 0 Å². The van der Waals surface area contributed by atoms with Crippen LogP contribution in [0.5, 0.6) is 0 Å². The number of benzene rings is 2. The largest absolute Gasteiger partial charge is 0.467 e. The average Bonchev–Trinajstić information content (AvgIpc) is 2.56. The van der Waals surface area contributed by atoms with Gasteiger partial charge in [0.15, 0.2) is 0 Å². The highest BCUT2D eigenvalue weighted by Gasteiger charge is 2.22. The van der Waals surface area contributed by atoms with Gasteiger partial charge in [0.05, 0.1) is 7.11 Å². The number of esters is 1. The van der Waals surface area contributed by atoms with E-state index >= 15 is 0 Å². The fraction of sp³-hybridized carbons (Fsp3) is 0.263. The standard InChI is InChI=1S/C19H21NO3/c1-13-9-10-16(11-14(13)2)18(21)20-17(19(22)23-3)12-15-7-5-4-6-8-15/h4-11,17H,12H2,1-3H3,(H,20,21)/t17-/m1/s1. The van der Waals surface area contributed by atoms with Crippen molar-refractivity contribution in [3.05, 3.63) is 70.8 Å². The lowest BCUT2D eigenvalue weighted by atomic mass is 10.0. The van der Waals surface area contributed by atoms with E-state index < -0.39 is 12.0 Å². The monoisotopic (exact) mass is 311 g/mol. The lowest BCUT2D eigenvalue weighted by molar-refractivity contribution is -0.142. The molecule has 0 bridgehead atoms. The van der Waals surface area contributed by atoms with Crippen molar-refractivity contribution < 1.29 is 14.3 Å². The number of carbonyl (C=O) groups excluding carboxylic acids is 2. The third-order valence-corrected chi connectivity index (χ3v) is 3.84. The predicted molar refractivity (Wildman–Crippen MR) is 89.3 cm³/mol. The lowest BCUT2D eigenvalue weighted by Gasteiger charge is -2.17. The van der Waals surface area contributed by atoms with Crippen LogP contribution in [0.25, 0.3) is 0 Å². The van der Waals surface area contributed by atoms with Gasteiger partial charge in [0.25, 0.3) is 5.91 Å². The minimum Gasteiger partial charge on any atom is -0.467 e. The zero-order valence-corrected chi connectivity index (χ0v) is 13.6. The van der Waals surface area contributed by atoms with E-state index in [0.717, 1.165) is 16.7 Å². The molecule has 0 spiro atoms. The van der Waals surface area contributed by atoms with Gasteiger partial charge < -0.3 is 10.1 Å². The number of ether oxygens (including phenoxy) is 1. The highest BCUT2D eigenvalue weighted by molar-refractivity contribution is 5.97. The first-order valence-electron chi connectivity index (χ1n) is 7.51. The Kier molecular flexibility index (Phi) is 5.52. The first-order valence-corrected chi connectivity index (χ1v) is 7.51. The Morgan fingerprint density at radius 2 is 1.74 bits per heavy atom. The SMILES string of the molecule is COC(=O)[C@@H](Cc1ccccc1)NC(=O)c1ccc(C)c(C)c1. The van der Waals surface area contributed by atoms with Gasteiger partial charge in [-0.25, -0.2) is 4.79 Å². The van der Waals surface area contributed by atoms with Crippen LogP contribution in [0.3, 0.4) is 0 Å². The van der Waals surface area contributed by atoms with Crippen molar-refractivity contribution in [2.75, 3.05) is 7.11 Å². The van der Waals surface area contributed by atoms with Crippen LogP contribution in [-0.4, -0.2) is 25.0 Å². The van der Waals surface area contributed by atoms with Crippen molar-refractivity contribution >= 4 is 11.9 Å². The summed E-state index contributed by atoms with van der Waals surface area (Å²) in [5, 5.41) is 2.77. The normalized spacial score (nSPS) is 11.6. The van der Waals surface area contributed by atoms with Crippen molar-refractivity contribution in [2.45, 2.75) is 26.3 Å². The van der Waals surface area contributed by atoms with E-state index in [1.54, 1.807) is 6.07 Å². The third-order valence-electron chi connectivity index (χ3n) is 3.84. The molecule has 4 heteroatoms. The molecule has 0 saturated heterocycles. The molecule has 0 radical (unpaired) electrons. The molecule has 23 heavy (non-hydrogen) atoms. The maximum absolute atomic E-state index is 12.4. The zero-order valence-electron chi connectivity index (χ0n) is 13.6. The fourth-order valence-electron chi connectivity index (χ4n) is 2.31. The van der Waals surface area contributed by atoms with Crippen LogP contribution in [-0.2, 0) is 16.0 Å². The van der Waals surface area contributed by atoms with Crippen LogP contribution >= 0.6 is 0 Å². The molecule has 0 unspecified atom stereocenters. The molecule has 0 aliphatic rings. The summed E-state index contributed by atoms with van der Waals surface area (Å²) in [7, 11) is 1.32. The van der Waals surface area contributed by atoms with Gasteiger partial charge in [0, 0.05) is 12.0 Å². The molecule has 120 valence electrons.